The summed E-state index contributed by atoms with van der Waals surface area (Å²) in [5.74, 6) is 0.0707. The maximum Gasteiger partial charge on any atom is 0.228 e. The Morgan fingerprint density at radius 1 is 1.42 bits per heavy atom. The zero-order valence-corrected chi connectivity index (χ0v) is 6.63. The van der Waals surface area contributed by atoms with E-state index < -0.39 is 0 Å². The van der Waals surface area contributed by atoms with Gasteiger partial charge in [0.2, 0.25) is 5.91 Å². The van der Waals surface area contributed by atoms with Crippen LogP contribution in [0.25, 0.3) is 0 Å². The van der Waals surface area contributed by atoms with Gasteiger partial charge in [-0.3, -0.25) is 4.79 Å². The van der Waals surface area contributed by atoms with Crippen molar-refractivity contribution in [3.63, 3.8) is 0 Å². The third kappa shape index (κ3) is 1.13. The lowest BCUT2D eigenvalue weighted by Crippen LogP contribution is -2.11. The van der Waals surface area contributed by atoms with Gasteiger partial charge in [-0.1, -0.05) is 6.08 Å². The maximum absolute atomic E-state index is 11.0. The molecule has 62 valence electrons. The summed E-state index contributed by atoms with van der Waals surface area (Å²) >= 11 is 0. The van der Waals surface area contributed by atoms with Gasteiger partial charge in [0.15, 0.2) is 0 Å². The van der Waals surface area contributed by atoms with Gasteiger partial charge in [0.1, 0.15) is 0 Å². The molecule has 1 saturated heterocycles. The van der Waals surface area contributed by atoms with E-state index in [9.17, 15) is 4.79 Å². The fourth-order valence-corrected chi connectivity index (χ4v) is 1.37. The SMILES string of the molecule is NC1=CC=C2NC(=O)CC2=CC1. The number of allylic oxidation sites excluding steroid dienone is 4. The fourth-order valence-electron chi connectivity index (χ4n) is 1.37. The number of carbonyl (C=O) groups excluding carboxylic acids is 1. The van der Waals surface area contributed by atoms with Crippen LogP contribution in [0.1, 0.15) is 12.8 Å². The fraction of sp³-hybridized carbons (Fsp3) is 0.222. The predicted molar refractivity (Wildman–Crippen MR) is 45.8 cm³/mol. The Labute approximate surface area is 70.6 Å². The van der Waals surface area contributed by atoms with Crippen molar-refractivity contribution >= 4 is 5.91 Å². The minimum Gasteiger partial charge on any atom is -0.402 e. The van der Waals surface area contributed by atoms with E-state index in [4.69, 9.17) is 5.73 Å². The van der Waals surface area contributed by atoms with Crippen LogP contribution in [0, 0.1) is 0 Å². The molecule has 0 bridgehead atoms. The molecule has 0 aromatic heterocycles. The molecular weight excluding hydrogens is 152 g/mol. The van der Waals surface area contributed by atoms with Crippen molar-refractivity contribution in [1.82, 2.24) is 5.32 Å². The molecule has 0 spiro atoms. The van der Waals surface area contributed by atoms with Gasteiger partial charge in [-0.2, -0.15) is 0 Å². The molecule has 1 amide bonds. The molecule has 3 nitrogen and oxygen atoms in total. The highest BCUT2D eigenvalue weighted by Crippen LogP contribution is 2.22. The molecular formula is C9H10N2O. The summed E-state index contributed by atoms with van der Waals surface area (Å²) in [5, 5.41) is 2.77. The molecule has 3 N–H and O–H groups in total. The van der Waals surface area contributed by atoms with Crippen LogP contribution in [0.15, 0.2) is 35.2 Å². The molecule has 1 aliphatic carbocycles. The highest BCUT2D eigenvalue weighted by atomic mass is 16.1. The Hall–Kier alpha value is -1.51. The lowest BCUT2D eigenvalue weighted by molar-refractivity contribution is -0.118. The average Bonchev–Trinajstić information content (AvgIpc) is 2.31. The summed E-state index contributed by atoms with van der Waals surface area (Å²) in [6.45, 7) is 0. The molecule has 0 atom stereocenters. The smallest absolute Gasteiger partial charge is 0.228 e. The molecule has 0 aromatic rings. The zero-order valence-electron chi connectivity index (χ0n) is 6.63. The third-order valence-corrected chi connectivity index (χ3v) is 2.02. The first-order valence-electron chi connectivity index (χ1n) is 3.91. The normalized spacial score (nSPS) is 21.7. The molecule has 1 aliphatic heterocycles. The maximum atomic E-state index is 11.0. The van der Waals surface area contributed by atoms with E-state index in [-0.39, 0.29) is 5.91 Å². The van der Waals surface area contributed by atoms with Gasteiger partial charge in [-0.05, 0) is 17.7 Å². The minimum absolute atomic E-state index is 0.0707. The first kappa shape index (κ1) is 7.16. The second-order valence-corrected chi connectivity index (χ2v) is 2.98. The number of fused-ring (bicyclic) bond motifs is 1. The number of rotatable bonds is 0. The van der Waals surface area contributed by atoms with Crippen molar-refractivity contribution < 1.29 is 4.79 Å². The van der Waals surface area contributed by atoms with E-state index in [2.05, 4.69) is 5.32 Å². The average molecular weight is 162 g/mol. The highest BCUT2D eigenvalue weighted by Gasteiger charge is 2.20. The zero-order chi connectivity index (χ0) is 8.55. The molecule has 3 heteroatoms. The molecule has 12 heavy (non-hydrogen) atoms. The first-order valence-corrected chi connectivity index (χ1v) is 3.91. The number of nitrogens with one attached hydrogen (secondary N) is 1. The van der Waals surface area contributed by atoms with E-state index in [1.165, 1.54) is 0 Å². The molecule has 2 aliphatic rings. The van der Waals surface area contributed by atoms with E-state index in [1.54, 1.807) is 0 Å². The van der Waals surface area contributed by atoms with Gasteiger partial charge in [-0.15, -0.1) is 0 Å². The van der Waals surface area contributed by atoms with Crippen molar-refractivity contribution in [2.45, 2.75) is 12.8 Å². The second kappa shape index (κ2) is 2.52. The molecule has 1 fully saturated rings. The van der Waals surface area contributed by atoms with Crippen molar-refractivity contribution in [2.75, 3.05) is 0 Å². The Kier molecular flexibility index (Phi) is 1.50. The van der Waals surface area contributed by atoms with Crippen LogP contribution in [0.5, 0.6) is 0 Å². The summed E-state index contributed by atoms with van der Waals surface area (Å²) in [5.41, 5.74) is 8.43. The largest absolute Gasteiger partial charge is 0.402 e. The molecule has 2 rings (SSSR count). The standard InChI is InChI=1S/C9H10N2O/c10-7-2-1-6-5-9(12)11-8(6)4-3-7/h1,3-4H,2,5,10H2,(H,11,12). The van der Waals surface area contributed by atoms with Crippen LogP contribution in [0.2, 0.25) is 0 Å². The molecule has 0 unspecified atom stereocenters. The summed E-state index contributed by atoms with van der Waals surface area (Å²) in [6, 6.07) is 0. The quantitative estimate of drug-likeness (QED) is 0.547. The molecule has 0 radical (unpaired) electrons. The van der Waals surface area contributed by atoms with Gasteiger partial charge in [0.05, 0.1) is 6.42 Å². The minimum atomic E-state index is 0.0707. The monoisotopic (exact) mass is 162 g/mol. The van der Waals surface area contributed by atoms with E-state index in [0.29, 0.717) is 6.42 Å². The molecule has 0 aromatic carbocycles. The van der Waals surface area contributed by atoms with Gasteiger partial charge in [0, 0.05) is 17.8 Å². The third-order valence-electron chi connectivity index (χ3n) is 2.02. The van der Waals surface area contributed by atoms with E-state index >= 15 is 0 Å². The summed E-state index contributed by atoms with van der Waals surface area (Å²) < 4.78 is 0. The second-order valence-electron chi connectivity index (χ2n) is 2.98. The van der Waals surface area contributed by atoms with Gasteiger partial charge >= 0.3 is 0 Å². The van der Waals surface area contributed by atoms with Crippen LogP contribution in [0.3, 0.4) is 0 Å². The van der Waals surface area contributed by atoms with Crippen molar-refractivity contribution in [3.8, 4) is 0 Å². The van der Waals surface area contributed by atoms with Gasteiger partial charge in [0.25, 0.3) is 0 Å². The predicted octanol–water partition coefficient (Wildman–Crippen LogP) is 0.563. The number of nitrogens with two attached hydrogens (primary N) is 1. The first-order chi connectivity index (χ1) is 5.75. The molecule has 1 heterocycles. The van der Waals surface area contributed by atoms with Crippen LogP contribution in [0.4, 0.5) is 0 Å². The van der Waals surface area contributed by atoms with Crippen LogP contribution in [-0.2, 0) is 4.79 Å². The number of amides is 1. The van der Waals surface area contributed by atoms with Crippen LogP contribution in [-0.4, -0.2) is 5.91 Å². The van der Waals surface area contributed by atoms with E-state index in [1.807, 2.05) is 18.2 Å². The summed E-state index contributed by atoms with van der Waals surface area (Å²) in [7, 11) is 0. The summed E-state index contributed by atoms with van der Waals surface area (Å²) in [4.78, 5) is 11.0. The number of carbonyl (C=O) groups is 1. The highest BCUT2D eigenvalue weighted by molar-refractivity contribution is 5.87. The van der Waals surface area contributed by atoms with E-state index in [0.717, 1.165) is 23.4 Å². The Morgan fingerprint density at radius 3 is 3.08 bits per heavy atom. The lowest BCUT2D eigenvalue weighted by atomic mass is 10.1. The van der Waals surface area contributed by atoms with Crippen molar-refractivity contribution in [1.29, 1.82) is 0 Å². The van der Waals surface area contributed by atoms with Crippen molar-refractivity contribution in [3.05, 3.63) is 35.2 Å². The Balaban J connectivity index is 2.36. The van der Waals surface area contributed by atoms with Crippen molar-refractivity contribution in [2.24, 2.45) is 5.73 Å². The summed E-state index contributed by atoms with van der Waals surface area (Å²) in [6.07, 6.45) is 6.93. The Bertz CT molecular complexity index is 323. The van der Waals surface area contributed by atoms with Crippen LogP contribution >= 0.6 is 0 Å². The molecule has 0 saturated carbocycles. The van der Waals surface area contributed by atoms with Crippen LogP contribution < -0.4 is 11.1 Å². The number of hydrogen-bond donors (Lipinski definition) is 2. The van der Waals surface area contributed by atoms with Gasteiger partial charge < -0.3 is 11.1 Å². The topological polar surface area (TPSA) is 55.1 Å². The number of hydrogen-bond acceptors (Lipinski definition) is 2. The van der Waals surface area contributed by atoms with Gasteiger partial charge in [-0.25, -0.2) is 0 Å². The Morgan fingerprint density at radius 2 is 2.25 bits per heavy atom. The lowest BCUT2D eigenvalue weighted by Gasteiger charge is -1.94.